The van der Waals surface area contributed by atoms with Gasteiger partial charge in [-0.15, -0.1) is 0 Å². The zero-order chi connectivity index (χ0) is 13.7. The molecule has 2 aromatic rings. The molecule has 2 aromatic carbocycles. The quantitative estimate of drug-likeness (QED) is 0.907. The van der Waals surface area contributed by atoms with E-state index >= 15 is 0 Å². The first kappa shape index (κ1) is 13.6. The third kappa shape index (κ3) is 4.10. The van der Waals surface area contributed by atoms with Gasteiger partial charge in [0.25, 0.3) is 0 Å². The topological polar surface area (TPSA) is 32.3 Å². The van der Waals surface area contributed by atoms with E-state index in [-0.39, 0.29) is 6.03 Å². The predicted molar refractivity (Wildman–Crippen MR) is 81.1 cm³/mol. The number of halogens is 1. The van der Waals surface area contributed by atoms with Crippen molar-refractivity contribution in [3.63, 3.8) is 0 Å². The highest BCUT2D eigenvalue weighted by atomic mass is 79.9. The normalized spacial score (nSPS) is 10.0. The first-order valence-electron chi connectivity index (χ1n) is 5.97. The van der Waals surface area contributed by atoms with Gasteiger partial charge in [-0.25, -0.2) is 4.79 Å². The summed E-state index contributed by atoms with van der Waals surface area (Å²) in [4.78, 5) is 13.7. The SMILES string of the molecule is CN(Cc1cccc(Br)c1)C(=O)Nc1ccccc1. The molecule has 3 nitrogen and oxygen atoms in total. The molecule has 0 aliphatic rings. The van der Waals surface area contributed by atoms with Gasteiger partial charge >= 0.3 is 6.03 Å². The van der Waals surface area contributed by atoms with Gasteiger partial charge in [0.1, 0.15) is 0 Å². The average molecular weight is 319 g/mol. The van der Waals surface area contributed by atoms with E-state index in [4.69, 9.17) is 0 Å². The lowest BCUT2D eigenvalue weighted by Gasteiger charge is -2.18. The van der Waals surface area contributed by atoms with Crippen molar-refractivity contribution >= 4 is 27.6 Å². The highest BCUT2D eigenvalue weighted by Gasteiger charge is 2.09. The van der Waals surface area contributed by atoms with E-state index in [1.54, 1.807) is 11.9 Å². The van der Waals surface area contributed by atoms with E-state index in [0.717, 1.165) is 15.7 Å². The van der Waals surface area contributed by atoms with E-state index < -0.39 is 0 Å². The largest absolute Gasteiger partial charge is 0.323 e. The fourth-order valence-electron chi connectivity index (χ4n) is 1.72. The summed E-state index contributed by atoms with van der Waals surface area (Å²) in [6.07, 6.45) is 0. The molecule has 0 spiro atoms. The van der Waals surface area contributed by atoms with Crippen molar-refractivity contribution in [3.8, 4) is 0 Å². The Hall–Kier alpha value is -1.81. The maximum Gasteiger partial charge on any atom is 0.321 e. The number of urea groups is 1. The van der Waals surface area contributed by atoms with E-state index in [1.807, 2.05) is 54.6 Å². The lowest BCUT2D eigenvalue weighted by molar-refractivity contribution is 0.220. The molecule has 0 radical (unpaired) electrons. The number of hydrogen-bond acceptors (Lipinski definition) is 1. The second-order valence-electron chi connectivity index (χ2n) is 4.28. The molecule has 0 aliphatic heterocycles. The van der Waals surface area contributed by atoms with Crippen molar-refractivity contribution in [2.24, 2.45) is 0 Å². The van der Waals surface area contributed by atoms with Gasteiger partial charge in [-0.2, -0.15) is 0 Å². The number of nitrogens with one attached hydrogen (secondary N) is 1. The first-order valence-corrected chi connectivity index (χ1v) is 6.76. The maximum atomic E-state index is 12.0. The Balaban J connectivity index is 1.96. The van der Waals surface area contributed by atoms with Gasteiger partial charge in [-0.3, -0.25) is 0 Å². The number of anilines is 1. The number of nitrogens with zero attached hydrogens (tertiary/aromatic N) is 1. The summed E-state index contributed by atoms with van der Waals surface area (Å²) in [7, 11) is 1.78. The Bertz CT molecular complexity index is 557. The van der Waals surface area contributed by atoms with Crippen molar-refractivity contribution < 1.29 is 4.79 Å². The van der Waals surface area contributed by atoms with E-state index in [9.17, 15) is 4.79 Å². The molecule has 0 aromatic heterocycles. The van der Waals surface area contributed by atoms with Gasteiger partial charge in [0, 0.05) is 23.8 Å². The summed E-state index contributed by atoms with van der Waals surface area (Å²) in [5, 5.41) is 2.85. The van der Waals surface area contributed by atoms with Gasteiger partial charge < -0.3 is 10.2 Å². The lowest BCUT2D eigenvalue weighted by Crippen LogP contribution is -2.30. The molecule has 0 saturated carbocycles. The van der Waals surface area contributed by atoms with Crippen LogP contribution in [-0.2, 0) is 6.54 Å². The molecule has 0 bridgehead atoms. The van der Waals surface area contributed by atoms with E-state index in [0.29, 0.717) is 6.54 Å². The number of hydrogen-bond donors (Lipinski definition) is 1. The standard InChI is InChI=1S/C15H15BrN2O/c1-18(11-12-6-5-7-13(16)10-12)15(19)17-14-8-3-2-4-9-14/h2-10H,11H2,1H3,(H,17,19). The van der Waals surface area contributed by atoms with Crippen LogP contribution in [0.1, 0.15) is 5.56 Å². The van der Waals surface area contributed by atoms with Crippen LogP contribution in [0.15, 0.2) is 59.1 Å². The van der Waals surface area contributed by atoms with Crippen molar-refractivity contribution in [1.82, 2.24) is 4.90 Å². The zero-order valence-electron chi connectivity index (χ0n) is 10.6. The van der Waals surface area contributed by atoms with Crippen LogP contribution in [0, 0.1) is 0 Å². The van der Waals surface area contributed by atoms with Gasteiger partial charge in [0.15, 0.2) is 0 Å². The highest BCUT2D eigenvalue weighted by molar-refractivity contribution is 9.10. The summed E-state index contributed by atoms with van der Waals surface area (Å²) >= 11 is 3.42. The van der Waals surface area contributed by atoms with Crippen LogP contribution < -0.4 is 5.32 Å². The average Bonchev–Trinajstić information content (AvgIpc) is 2.40. The third-order valence-corrected chi connectivity index (χ3v) is 3.17. The number of para-hydroxylation sites is 1. The minimum absolute atomic E-state index is 0.119. The maximum absolute atomic E-state index is 12.0. The van der Waals surface area contributed by atoms with Crippen LogP contribution in [0.25, 0.3) is 0 Å². The Kier molecular flexibility index (Phi) is 4.58. The van der Waals surface area contributed by atoms with Gasteiger partial charge in [0.2, 0.25) is 0 Å². The monoisotopic (exact) mass is 318 g/mol. The Morgan fingerprint density at radius 2 is 1.89 bits per heavy atom. The van der Waals surface area contributed by atoms with Crippen molar-refractivity contribution in [2.75, 3.05) is 12.4 Å². The molecule has 0 heterocycles. The summed E-state index contributed by atoms with van der Waals surface area (Å²) in [6.45, 7) is 0.568. The number of carbonyl (C=O) groups excluding carboxylic acids is 1. The van der Waals surface area contributed by atoms with Gasteiger partial charge in [-0.1, -0.05) is 46.3 Å². The lowest BCUT2D eigenvalue weighted by atomic mass is 10.2. The van der Waals surface area contributed by atoms with Gasteiger partial charge in [0.05, 0.1) is 0 Å². The molecule has 0 unspecified atom stereocenters. The van der Waals surface area contributed by atoms with Crippen LogP contribution in [-0.4, -0.2) is 18.0 Å². The summed E-state index contributed by atoms with van der Waals surface area (Å²) in [6, 6.07) is 17.2. The highest BCUT2D eigenvalue weighted by Crippen LogP contribution is 2.13. The second-order valence-corrected chi connectivity index (χ2v) is 5.20. The van der Waals surface area contributed by atoms with Crippen LogP contribution >= 0.6 is 15.9 Å². The minimum atomic E-state index is -0.119. The van der Waals surface area contributed by atoms with Gasteiger partial charge in [-0.05, 0) is 29.8 Å². The predicted octanol–water partition coefficient (Wildman–Crippen LogP) is 4.11. The number of rotatable bonds is 3. The number of carbonyl (C=O) groups is 1. The molecule has 1 N–H and O–H groups in total. The molecule has 0 aliphatic carbocycles. The number of benzene rings is 2. The molecule has 4 heteroatoms. The van der Waals surface area contributed by atoms with Crippen molar-refractivity contribution in [1.29, 1.82) is 0 Å². The van der Waals surface area contributed by atoms with Crippen molar-refractivity contribution in [3.05, 3.63) is 64.6 Å². The van der Waals surface area contributed by atoms with Crippen LogP contribution in [0.5, 0.6) is 0 Å². The molecular formula is C15H15BrN2O. The smallest absolute Gasteiger partial charge is 0.321 e. The molecule has 2 amide bonds. The molecule has 2 rings (SSSR count). The second kappa shape index (κ2) is 6.38. The number of amides is 2. The molecule has 19 heavy (non-hydrogen) atoms. The van der Waals surface area contributed by atoms with E-state index in [2.05, 4.69) is 21.2 Å². The molecular weight excluding hydrogens is 304 g/mol. The minimum Gasteiger partial charge on any atom is -0.323 e. The zero-order valence-corrected chi connectivity index (χ0v) is 12.2. The Morgan fingerprint density at radius 3 is 2.58 bits per heavy atom. The van der Waals surface area contributed by atoms with Crippen LogP contribution in [0.3, 0.4) is 0 Å². The van der Waals surface area contributed by atoms with Crippen molar-refractivity contribution in [2.45, 2.75) is 6.54 Å². The van der Waals surface area contributed by atoms with Crippen LogP contribution in [0.2, 0.25) is 0 Å². The Labute approximate surface area is 121 Å². The summed E-state index contributed by atoms with van der Waals surface area (Å²) in [5.74, 6) is 0. The fraction of sp³-hybridized carbons (Fsp3) is 0.133. The fourth-order valence-corrected chi connectivity index (χ4v) is 2.17. The summed E-state index contributed by atoms with van der Waals surface area (Å²) in [5.41, 5.74) is 1.88. The third-order valence-electron chi connectivity index (χ3n) is 2.68. The van der Waals surface area contributed by atoms with E-state index in [1.165, 1.54) is 0 Å². The summed E-state index contributed by atoms with van der Waals surface area (Å²) < 4.78 is 1.02. The molecule has 98 valence electrons. The first-order chi connectivity index (χ1) is 9.15. The molecule has 0 fully saturated rings. The Morgan fingerprint density at radius 1 is 1.16 bits per heavy atom. The van der Waals surface area contributed by atoms with Crippen LogP contribution in [0.4, 0.5) is 10.5 Å². The molecule has 0 saturated heterocycles. The molecule has 0 atom stereocenters.